The second kappa shape index (κ2) is 5.07. The molecule has 18 heavy (non-hydrogen) atoms. The largest absolute Gasteiger partial charge is 0.330 e. The zero-order valence-electron chi connectivity index (χ0n) is 11.5. The van der Waals surface area contributed by atoms with Crippen LogP contribution >= 0.6 is 0 Å². The molecule has 2 heteroatoms. The average Bonchev–Trinajstić information content (AvgIpc) is 2.34. The van der Waals surface area contributed by atoms with Crippen molar-refractivity contribution in [2.24, 2.45) is 5.73 Å². The van der Waals surface area contributed by atoms with E-state index in [1.807, 2.05) is 12.4 Å². The summed E-state index contributed by atoms with van der Waals surface area (Å²) < 4.78 is 0. The minimum Gasteiger partial charge on any atom is -0.330 e. The lowest BCUT2D eigenvalue weighted by atomic mass is 9.85. The molecule has 2 rings (SSSR count). The van der Waals surface area contributed by atoms with Crippen LogP contribution in [-0.4, -0.2) is 11.5 Å². The van der Waals surface area contributed by atoms with E-state index in [4.69, 9.17) is 5.73 Å². The molecule has 96 valence electrons. The van der Waals surface area contributed by atoms with Crippen LogP contribution < -0.4 is 5.73 Å². The molecule has 0 spiro atoms. The molecule has 0 aliphatic heterocycles. The van der Waals surface area contributed by atoms with Crippen molar-refractivity contribution in [1.82, 2.24) is 4.98 Å². The summed E-state index contributed by atoms with van der Waals surface area (Å²) in [7, 11) is 0. The SMILES string of the molecule is CC(C)(C)c1cncc2cc(CCCN)ccc12. The van der Waals surface area contributed by atoms with Gasteiger partial charge in [0.2, 0.25) is 0 Å². The number of aryl methyl sites for hydroxylation is 1. The second-order valence-electron chi connectivity index (χ2n) is 5.88. The highest BCUT2D eigenvalue weighted by Gasteiger charge is 2.16. The standard InChI is InChI=1S/C16H22N2/c1-16(2,3)15-11-18-10-13-9-12(5-4-8-17)6-7-14(13)15/h6-7,9-11H,4-5,8,17H2,1-3H3. The molecule has 2 nitrogen and oxygen atoms in total. The van der Waals surface area contributed by atoms with Gasteiger partial charge in [-0.15, -0.1) is 0 Å². The summed E-state index contributed by atoms with van der Waals surface area (Å²) in [5.41, 5.74) is 8.35. The molecule has 0 saturated carbocycles. The van der Waals surface area contributed by atoms with Gasteiger partial charge in [0.25, 0.3) is 0 Å². The van der Waals surface area contributed by atoms with Gasteiger partial charge >= 0.3 is 0 Å². The van der Waals surface area contributed by atoms with Crippen LogP contribution in [-0.2, 0) is 11.8 Å². The maximum Gasteiger partial charge on any atom is 0.0346 e. The van der Waals surface area contributed by atoms with Gasteiger partial charge in [0, 0.05) is 17.8 Å². The van der Waals surface area contributed by atoms with Crippen molar-refractivity contribution in [3.63, 3.8) is 0 Å². The average molecular weight is 242 g/mol. The molecule has 1 aromatic heterocycles. The summed E-state index contributed by atoms with van der Waals surface area (Å²) in [5.74, 6) is 0. The number of aromatic nitrogens is 1. The summed E-state index contributed by atoms with van der Waals surface area (Å²) >= 11 is 0. The van der Waals surface area contributed by atoms with E-state index < -0.39 is 0 Å². The maximum atomic E-state index is 5.56. The minimum atomic E-state index is 0.130. The highest BCUT2D eigenvalue weighted by atomic mass is 14.6. The molecule has 1 aromatic carbocycles. The first-order valence-corrected chi connectivity index (χ1v) is 6.59. The minimum absolute atomic E-state index is 0.130. The van der Waals surface area contributed by atoms with Gasteiger partial charge in [-0.05, 0) is 47.4 Å². The van der Waals surface area contributed by atoms with Crippen LogP contribution in [0.25, 0.3) is 10.8 Å². The first-order chi connectivity index (χ1) is 8.52. The van der Waals surface area contributed by atoms with Crippen molar-refractivity contribution < 1.29 is 0 Å². The van der Waals surface area contributed by atoms with Gasteiger partial charge in [0.15, 0.2) is 0 Å². The normalized spacial score (nSPS) is 12.0. The summed E-state index contributed by atoms with van der Waals surface area (Å²) in [6, 6.07) is 6.68. The summed E-state index contributed by atoms with van der Waals surface area (Å²) in [4.78, 5) is 4.38. The Kier molecular flexibility index (Phi) is 3.67. The van der Waals surface area contributed by atoms with Crippen LogP contribution in [0, 0.1) is 0 Å². The molecule has 0 radical (unpaired) electrons. The van der Waals surface area contributed by atoms with E-state index >= 15 is 0 Å². The highest BCUT2D eigenvalue weighted by Crippen LogP contribution is 2.29. The number of fused-ring (bicyclic) bond motifs is 1. The third-order valence-electron chi connectivity index (χ3n) is 3.30. The zero-order valence-corrected chi connectivity index (χ0v) is 11.5. The number of benzene rings is 1. The van der Waals surface area contributed by atoms with E-state index in [2.05, 4.69) is 44.0 Å². The molecular formula is C16H22N2. The fourth-order valence-corrected chi connectivity index (χ4v) is 2.29. The third kappa shape index (κ3) is 2.70. The van der Waals surface area contributed by atoms with Crippen LogP contribution in [0.5, 0.6) is 0 Å². The number of rotatable bonds is 3. The van der Waals surface area contributed by atoms with Crippen LogP contribution in [0.1, 0.15) is 38.3 Å². The molecule has 0 unspecified atom stereocenters. The number of hydrogen-bond donors (Lipinski definition) is 1. The van der Waals surface area contributed by atoms with E-state index in [0.717, 1.165) is 19.4 Å². The molecule has 0 aliphatic carbocycles. The van der Waals surface area contributed by atoms with E-state index in [1.54, 1.807) is 0 Å². The second-order valence-corrected chi connectivity index (χ2v) is 5.88. The van der Waals surface area contributed by atoms with Crippen molar-refractivity contribution in [2.75, 3.05) is 6.54 Å². The summed E-state index contributed by atoms with van der Waals surface area (Å²) in [5, 5.41) is 2.55. The van der Waals surface area contributed by atoms with Crippen molar-refractivity contribution in [2.45, 2.75) is 39.0 Å². The lowest BCUT2D eigenvalue weighted by Gasteiger charge is -2.20. The lowest BCUT2D eigenvalue weighted by molar-refractivity contribution is 0.593. The van der Waals surface area contributed by atoms with Gasteiger partial charge < -0.3 is 5.73 Å². The zero-order chi connectivity index (χ0) is 13.2. The Morgan fingerprint density at radius 3 is 2.61 bits per heavy atom. The molecule has 2 N–H and O–H groups in total. The van der Waals surface area contributed by atoms with Crippen molar-refractivity contribution in [3.05, 3.63) is 41.7 Å². The Bertz CT molecular complexity index is 538. The summed E-state index contributed by atoms with van der Waals surface area (Å²) in [6.07, 6.45) is 6.03. The number of pyridine rings is 1. The molecule has 1 heterocycles. The van der Waals surface area contributed by atoms with Crippen LogP contribution in [0.4, 0.5) is 0 Å². The highest BCUT2D eigenvalue weighted by molar-refractivity contribution is 5.86. The molecule has 0 saturated heterocycles. The Morgan fingerprint density at radius 2 is 1.94 bits per heavy atom. The number of nitrogens with zero attached hydrogens (tertiary/aromatic N) is 1. The van der Waals surface area contributed by atoms with Gasteiger partial charge in [-0.25, -0.2) is 0 Å². The Hall–Kier alpha value is -1.41. The first-order valence-electron chi connectivity index (χ1n) is 6.59. The fraction of sp³-hybridized carbons (Fsp3) is 0.438. The third-order valence-corrected chi connectivity index (χ3v) is 3.30. The first kappa shape index (κ1) is 13.0. The number of nitrogens with two attached hydrogens (primary N) is 1. The number of hydrogen-bond acceptors (Lipinski definition) is 2. The molecule has 0 fully saturated rings. The fourth-order valence-electron chi connectivity index (χ4n) is 2.29. The van der Waals surface area contributed by atoms with Crippen LogP contribution in [0.2, 0.25) is 0 Å². The summed E-state index contributed by atoms with van der Waals surface area (Å²) in [6.45, 7) is 7.43. The molecule has 0 aliphatic rings. The maximum absolute atomic E-state index is 5.56. The predicted octanol–water partition coefficient (Wildman–Crippen LogP) is 3.42. The molecule has 2 aromatic rings. The van der Waals surface area contributed by atoms with Crippen molar-refractivity contribution >= 4 is 10.8 Å². The van der Waals surface area contributed by atoms with E-state index in [9.17, 15) is 0 Å². The molecule has 0 atom stereocenters. The van der Waals surface area contributed by atoms with E-state index in [1.165, 1.54) is 21.9 Å². The van der Waals surface area contributed by atoms with Crippen LogP contribution in [0.3, 0.4) is 0 Å². The van der Waals surface area contributed by atoms with Gasteiger partial charge in [-0.1, -0.05) is 32.9 Å². The van der Waals surface area contributed by atoms with Gasteiger partial charge in [0.1, 0.15) is 0 Å². The molecule has 0 bridgehead atoms. The van der Waals surface area contributed by atoms with Gasteiger partial charge in [-0.3, -0.25) is 4.98 Å². The topological polar surface area (TPSA) is 38.9 Å². The predicted molar refractivity (Wildman–Crippen MR) is 77.8 cm³/mol. The van der Waals surface area contributed by atoms with Gasteiger partial charge in [0.05, 0.1) is 0 Å². The van der Waals surface area contributed by atoms with Crippen molar-refractivity contribution in [1.29, 1.82) is 0 Å². The molecular weight excluding hydrogens is 220 g/mol. The quantitative estimate of drug-likeness (QED) is 0.895. The monoisotopic (exact) mass is 242 g/mol. The Balaban J connectivity index is 2.47. The van der Waals surface area contributed by atoms with E-state index in [0.29, 0.717) is 0 Å². The molecule has 0 amide bonds. The van der Waals surface area contributed by atoms with Gasteiger partial charge in [-0.2, -0.15) is 0 Å². The van der Waals surface area contributed by atoms with E-state index in [-0.39, 0.29) is 5.41 Å². The van der Waals surface area contributed by atoms with Crippen molar-refractivity contribution in [3.8, 4) is 0 Å². The lowest BCUT2D eigenvalue weighted by Crippen LogP contribution is -2.12. The van der Waals surface area contributed by atoms with Crippen LogP contribution in [0.15, 0.2) is 30.6 Å². The Morgan fingerprint density at radius 1 is 1.17 bits per heavy atom. The Labute approximate surface area is 109 Å². The smallest absolute Gasteiger partial charge is 0.0346 e.